The standard InChI is InChI=1S/C12H25N/c1-6-11-7-10(2)8-13(9-11)12(3,4)5/h10-11H,6-9H2,1-5H3. The van der Waals surface area contributed by atoms with Crippen molar-refractivity contribution in [2.75, 3.05) is 13.1 Å². The molecule has 0 aromatic heterocycles. The molecule has 1 aliphatic heterocycles. The van der Waals surface area contributed by atoms with E-state index in [0.29, 0.717) is 5.54 Å². The third-order valence-corrected chi connectivity index (χ3v) is 3.27. The molecular weight excluding hydrogens is 158 g/mol. The van der Waals surface area contributed by atoms with E-state index >= 15 is 0 Å². The van der Waals surface area contributed by atoms with Gasteiger partial charge in [0.15, 0.2) is 0 Å². The van der Waals surface area contributed by atoms with Crippen LogP contribution in [0.4, 0.5) is 0 Å². The Morgan fingerprint density at radius 1 is 1.23 bits per heavy atom. The van der Waals surface area contributed by atoms with Crippen LogP contribution < -0.4 is 0 Å². The number of piperidine rings is 1. The lowest BCUT2D eigenvalue weighted by molar-refractivity contribution is 0.0505. The van der Waals surface area contributed by atoms with Crippen molar-refractivity contribution >= 4 is 0 Å². The van der Waals surface area contributed by atoms with Gasteiger partial charge in [0, 0.05) is 18.6 Å². The van der Waals surface area contributed by atoms with Crippen LogP contribution in [-0.2, 0) is 0 Å². The largest absolute Gasteiger partial charge is 0.298 e. The molecule has 1 nitrogen and oxygen atoms in total. The Labute approximate surface area is 83.5 Å². The normalized spacial score (nSPS) is 32.1. The Hall–Kier alpha value is -0.0400. The second-order valence-electron chi connectivity index (χ2n) is 5.69. The van der Waals surface area contributed by atoms with E-state index in [1.165, 1.54) is 25.9 Å². The summed E-state index contributed by atoms with van der Waals surface area (Å²) < 4.78 is 0. The predicted molar refractivity (Wildman–Crippen MR) is 58.9 cm³/mol. The monoisotopic (exact) mass is 183 g/mol. The first kappa shape index (κ1) is 11.0. The van der Waals surface area contributed by atoms with E-state index in [4.69, 9.17) is 0 Å². The molecule has 0 aromatic rings. The van der Waals surface area contributed by atoms with Crippen LogP contribution in [0.25, 0.3) is 0 Å². The van der Waals surface area contributed by atoms with Crippen molar-refractivity contribution in [3.8, 4) is 0 Å². The highest BCUT2D eigenvalue weighted by Crippen LogP contribution is 2.28. The van der Waals surface area contributed by atoms with Gasteiger partial charge in [-0.05, 0) is 39.0 Å². The van der Waals surface area contributed by atoms with Gasteiger partial charge in [0.05, 0.1) is 0 Å². The smallest absolute Gasteiger partial charge is 0.0125 e. The average Bonchev–Trinajstić information content (AvgIpc) is 2.01. The fourth-order valence-electron chi connectivity index (χ4n) is 2.32. The molecule has 0 aliphatic carbocycles. The minimum atomic E-state index is 0.363. The van der Waals surface area contributed by atoms with E-state index in [9.17, 15) is 0 Å². The van der Waals surface area contributed by atoms with Gasteiger partial charge in [0.25, 0.3) is 0 Å². The SMILES string of the molecule is CCC1CC(C)CN(C(C)(C)C)C1. The van der Waals surface area contributed by atoms with Crippen molar-refractivity contribution in [2.45, 2.75) is 53.0 Å². The highest BCUT2D eigenvalue weighted by molar-refractivity contribution is 4.84. The van der Waals surface area contributed by atoms with Crippen LogP contribution in [-0.4, -0.2) is 23.5 Å². The Bertz CT molecular complexity index is 157. The van der Waals surface area contributed by atoms with Gasteiger partial charge >= 0.3 is 0 Å². The molecule has 1 saturated heterocycles. The van der Waals surface area contributed by atoms with Gasteiger partial charge in [-0.25, -0.2) is 0 Å². The Morgan fingerprint density at radius 2 is 1.85 bits per heavy atom. The lowest BCUT2D eigenvalue weighted by Crippen LogP contribution is -2.49. The molecule has 1 fully saturated rings. The summed E-state index contributed by atoms with van der Waals surface area (Å²) in [5.74, 6) is 1.82. The molecule has 0 radical (unpaired) electrons. The van der Waals surface area contributed by atoms with Crippen LogP contribution in [0.1, 0.15) is 47.5 Å². The zero-order chi connectivity index (χ0) is 10.1. The maximum atomic E-state index is 2.65. The molecule has 2 atom stereocenters. The zero-order valence-electron chi connectivity index (χ0n) is 9.93. The minimum Gasteiger partial charge on any atom is -0.298 e. The molecule has 0 spiro atoms. The molecular formula is C12H25N. The van der Waals surface area contributed by atoms with Crippen LogP contribution in [0.15, 0.2) is 0 Å². The first-order valence-corrected chi connectivity index (χ1v) is 5.68. The van der Waals surface area contributed by atoms with Gasteiger partial charge < -0.3 is 0 Å². The number of nitrogens with zero attached hydrogens (tertiary/aromatic N) is 1. The van der Waals surface area contributed by atoms with E-state index in [1.54, 1.807) is 0 Å². The lowest BCUT2D eigenvalue weighted by atomic mass is 9.86. The van der Waals surface area contributed by atoms with Gasteiger partial charge in [-0.3, -0.25) is 4.90 Å². The van der Waals surface area contributed by atoms with E-state index in [1.807, 2.05) is 0 Å². The van der Waals surface area contributed by atoms with Gasteiger partial charge in [0.2, 0.25) is 0 Å². The summed E-state index contributed by atoms with van der Waals surface area (Å²) in [7, 11) is 0. The van der Waals surface area contributed by atoms with E-state index in [0.717, 1.165) is 11.8 Å². The van der Waals surface area contributed by atoms with Gasteiger partial charge in [-0.15, -0.1) is 0 Å². The van der Waals surface area contributed by atoms with Crippen molar-refractivity contribution in [1.82, 2.24) is 4.90 Å². The van der Waals surface area contributed by atoms with Crippen LogP contribution in [0, 0.1) is 11.8 Å². The van der Waals surface area contributed by atoms with Crippen LogP contribution >= 0.6 is 0 Å². The summed E-state index contributed by atoms with van der Waals surface area (Å²) in [4.78, 5) is 2.65. The quantitative estimate of drug-likeness (QED) is 0.603. The first-order chi connectivity index (χ1) is 5.93. The molecule has 0 aromatic carbocycles. The lowest BCUT2D eigenvalue weighted by Gasteiger charge is -2.44. The topological polar surface area (TPSA) is 3.24 Å². The average molecular weight is 183 g/mol. The second kappa shape index (κ2) is 4.00. The molecule has 1 rings (SSSR count). The molecule has 13 heavy (non-hydrogen) atoms. The van der Waals surface area contributed by atoms with Crippen LogP contribution in [0.5, 0.6) is 0 Å². The van der Waals surface area contributed by atoms with Crippen molar-refractivity contribution in [2.24, 2.45) is 11.8 Å². The van der Waals surface area contributed by atoms with Crippen LogP contribution in [0.3, 0.4) is 0 Å². The third kappa shape index (κ3) is 2.98. The molecule has 0 N–H and O–H groups in total. The van der Waals surface area contributed by atoms with Gasteiger partial charge in [-0.1, -0.05) is 20.3 Å². The highest BCUT2D eigenvalue weighted by atomic mass is 15.2. The van der Waals surface area contributed by atoms with Gasteiger partial charge in [0.1, 0.15) is 0 Å². The number of hydrogen-bond acceptors (Lipinski definition) is 1. The zero-order valence-corrected chi connectivity index (χ0v) is 9.93. The Morgan fingerprint density at radius 3 is 2.31 bits per heavy atom. The Balaban J connectivity index is 2.57. The van der Waals surface area contributed by atoms with Crippen molar-refractivity contribution < 1.29 is 0 Å². The number of likely N-dealkylation sites (tertiary alicyclic amines) is 1. The summed E-state index contributed by atoms with van der Waals surface area (Å²) in [6, 6.07) is 0. The number of hydrogen-bond donors (Lipinski definition) is 0. The summed E-state index contributed by atoms with van der Waals surface area (Å²) >= 11 is 0. The molecule has 0 amide bonds. The fourth-order valence-corrected chi connectivity index (χ4v) is 2.32. The molecule has 1 heteroatoms. The molecule has 0 bridgehead atoms. The van der Waals surface area contributed by atoms with E-state index < -0.39 is 0 Å². The second-order valence-corrected chi connectivity index (χ2v) is 5.69. The van der Waals surface area contributed by atoms with E-state index in [-0.39, 0.29) is 0 Å². The first-order valence-electron chi connectivity index (χ1n) is 5.68. The minimum absolute atomic E-state index is 0.363. The molecule has 2 unspecified atom stereocenters. The fraction of sp³-hybridized carbons (Fsp3) is 1.00. The molecule has 1 aliphatic rings. The summed E-state index contributed by atoms with van der Waals surface area (Å²) in [6.45, 7) is 14.3. The predicted octanol–water partition coefficient (Wildman–Crippen LogP) is 3.15. The van der Waals surface area contributed by atoms with Crippen LogP contribution in [0.2, 0.25) is 0 Å². The molecule has 78 valence electrons. The van der Waals surface area contributed by atoms with Crippen molar-refractivity contribution in [3.63, 3.8) is 0 Å². The maximum absolute atomic E-state index is 2.65. The Kier molecular flexibility index (Phi) is 3.39. The summed E-state index contributed by atoms with van der Waals surface area (Å²) in [5.41, 5.74) is 0.363. The van der Waals surface area contributed by atoms with Gasteiger partial charge in [-0.2, -0.15) is 0 Å². The van der Waals surface area contributed by atoms with Crippen molar-refractivity contribution in [3.05, 3.63) is 0 Å². The highest BCUT2D eigenvalue weighted by Gasteiger charge is 2.30. The third-order valence-electron chi connectivity index (χ3n) is 3.27. The maximum Gasteiger partial charge on any atom is 0.0125 e. The molecule has 1 heterocycles. The number of rotatable bonds is 1. The van der Waals surface area contributed by atoms with Crippen molar-refractivity contribution in [1.29, 1.82) is 0 Å². The molecule has 0 saturated carbocycles. The van der Waals surface area contributed by atoms with E-state index in [2.05, 4.69) is 39.5 Å². The summed E-state index contributed by atoms with van der Waals surface area (Å²) in [6.07, 6.45) is 2.78. The summed E-state index contributed by atoms with van der Waals surface area (Å²) in [5, 5.41) is 0.